The third-order valence-corrected chi connectivity index (χ3v) is 24.1. The van der Waals surface area contributed by atoms with Crippen molar-refractivity contribution in [2.45, 2.75) is 177 Å². The van der Waals surface area contributed by atoms with Crippen molar-refractivity contribution in [3.63, 3.8) is 0 Å². The Kier molecular flexibility index (Phi) is 30.8. The van der Waals surface area contributed by atoms with E-state index in [4.69, 9.17) is 4.74 Å². The van der Waals surface area contributed by atoms with Gasteiger partial charge in [0.1, 0.15) is 23.2 Å². The Bertz CT molecular complexity index is 4330. The number of rotatable bonds is 17. The number of thioether (sulfide) groups is 4. The Morgan fingerprint density at radius 3 is 1.11 bits per heavy atom. The van der Waals surface area contributed by atoms with Gasteiger partial charge in [-0.25, -0.2) is 57.1 Å². The van der Waals surface area contributed by atoms with Crippen LogP contribution in [0.15, 0.2) is 147 Å². The summed E-state index contributed by atoms with van der Waals surface area (Å²) in [5.74, 6) is -15.9. The van der Waals surface area contributed by atoms with E-state index in [0.717, 1.165) is 115 Å². The number of nitrogens with one attached hydrogen (secondary N) is 4. The molecule has 4 saturated carbocycles. The third-order valence-electron chi connectivity index (χ3n) is 18.5. The monoisotopic (exact) mass is 1580 g/mol. The quantitative estimate of drug-likeness (QED) is 0.0395. The number of carbonyl (C=O) groups is 5. The van der Waals surface area contributed by atoms with Crippen molar-refractivity contribution in [3.8, 4) is 5.75 Å². The Hall–Kier alpha value is -8.40. The van der Waals surface area contributed by atoms with E-state index in [2.05, 4.69) is 35.1 Å². The molecule has 1 atom stereocenters. The highest BCUT2D eigenvalue weighted by atomic mass is 32.2. The van der Waals surface area contributed by atoms with Crippen molar-refractivity contribution < 1.29 is 85.8 Å². The van der Waals surface area contributed by atoms with Crippen molar-refractivity contribution in [3.05, 3.63) is 231 Å². The maximum atomic E-state index is 14.2. The van der Waals surface area contributed by atoms with Gasteiger partial charge in [0.15, 0.2) is 64.0 Å². The highest BCUT2D eigenvalue weighted by Gasteiger charge is 2.27. The fourth-order valence-electron chi connectivity index (χ4n) is 12.4. The van der Waals surface area contributed by atoms with Crippen LogP contribution in [0, 0.1) is 94.4 Å². The minimum absolute atomic E-state index is 0.0666. The van der Waals surface area contributed by atoms with E-state index >= 15 is 0 Å². The van der Waals surface area contributed by atoms with Crippen LogP contribution in [0.3, 0.4) is 0 Å². The third kappa shape index (κ3) is 24.3. The SMILES string of the molecule is CC1CCC(Sc2cc(C(=O)Nc3cc(F)c(F)c(F)c3)ccc2F)CC1.COc1ccc(C(=O)Nc2ccc(F)c(F)c2)cc1SC1CCCCC1.Cc1ccc(C(=O)Nc2cc(F)c(F)c(F)c2)cc1SC1CCC(C)CC1.O=C1CCCCC(Sc2cc(C(=O)Nc3cc(F)c(F)c(F)c3)ccc2F)C1. The molecule has 8 aromatic carbocycles. The number of hydrogen-bond donors (Lipinski definition) is 4. The van der Waals surface area contributed by atoms with Crippen LogP contribution in [0.2, 0.25) is 0 Å². The Labute approximate surface area is 635 Å². The lowest BCUT2D eigenvalue weighted by Gasteiger charge is -2.26. The van der Waals surface area contributed by atoms with Crippen LogP contribution < -0.4 is 26.0 Å². The maximum Gasteiger partial charge on any atom is 0.255 e. The number of methoxy groups -OCH3 is 1. The summed E-state index contributed by atoms with van der Waals surface area (Å²) in [6.07, 6.45) is 18.4. The molecule has 4 aliphatic carbocycles. The first kappa shape index (κ1) is 83.6. The average molecular weight is 1580 g/mol. The molecular formula is C81H79F13N4O6S4. The minimum Gasteiger partial charge on any atom is -0.496 e. The molecule has 4 amide bonds. The van der Waals surface area contributed by atoms with E-state index < -0.39 is 93.3 Å². The first-order chi connectivity index (χ1) is 51.6. The summed E-state index contributed by atoms with van der Waals surface area (Å²) < 4.78 is 179. The highest BCUT2D eigenvalue weighted by Crippen LogP contribution is 2.42. The molecule has 0 saturated heterocycles. The van der Waals surface area contributed by atoms with E-state index in [-0.39, 0.29) is 55.7 Å². The molecule has 12 rings (SSSR count). The summed E-state index contributed by atoms with van der Waals surface area (Å²) in [5, 5.41) is 10.9. The Balaban J connectivity index is 0.000000166. The van der Waals surface area contributed by atoms with Crippen molar-refractivity contribution in [2.75, 3.05) is 28.4 Å². The van der Waals surface area contributed by atoms with Crippen LogP contribution in [0.5, 0.6) is 5.75 Å². The number of Topliss-reactive ketones (excluding diaryl/α,β-unsaturated/α-hetero) is 1. The molecule has 4 fully saturated rings. The molecule has 0 aromatic heterocycles. The second kappa shape index (κ2) is 39.8. The maximum absolute atomic E-state index is 14.2. The van der Waals surface area contributed by atoms with Gasteiger partial charge < -0.3 is 26.0 Å². The van der Waals surface area contributed by atoms with Crippen LogP contribution in [0.25, 0.3) is 0 Å². The van der Waals surface area contributed by atoms with E-state index in [1.807, 2.05) is 19.1 Å². The van der Waals surface area contributed by atoms with Crippen LogP contribution >= 0.6 is 47.0 Å². The number of aryl methyl sites for hydroxylation is 1. The summed E-state index contributed by atoms with van der Waals surface area (Å²) in [7, 11) is 1.61. The summed E-state index contributed by atoms with van der Waals surface area (Å²) in [6, 6.07) is 25.8. The molecule has 10 nitrogen and oxygen atoms in total. The fourth-order valence-corrected chi connectivity index (χ4v) is 17.6. The minimum atomic E-state index is -1.63. The number of carbonyl (C=O) groups excluding carboxylic acids is 5. The van der Waals surface area contributed by atoms with Gasteiger partial charge in [0, 0.05) is 136 Å². The van der Waals surface area contributed by atoms with Crippen molar-refractivity contribution in [2.24, 2.45) is 11.8 Å². The Morgan fingerprint density at radius 1 is 0.343 bits per heavy atom. The number of halogens is 13. The molecule has 0 heterocycles. The molecule has 1 unspecified atom stereocenters. The van der Waals surface area contributed by atoms with Crippen LogP contribution in [-0.4, -0.2) is 57.5 Å². The molecule has 0 spiro atoms. The molecule has 0 bridgehead atoms. The second-order valence-electron chi connectivity index (χ2n) is 26.9. The number of benzene rings is 8. The number of hydrogen-bond acceptors (Lipinski definition) is 10. The van der Waals surface area contributed by atoms with Crippen LogP contribution in [0.1, 0.15) is 176 Å². The molecule has 27 heteroatoms. The number of ketones is 1. The molecule has 4 N–H and O–H groups in total. The number of anilines is 4. The van der Waals surface area contributed by atoms with Gasteiger partial charge in [-0.15, -0.1) is 47.0 Å². The van der Waals surface area contributed by atoms with Crippen LogP contribution in [0.4, 0.5) is 79.8 Å². The standard InChI is InChI=1S/C21H22F3NOS.C20H17F4NO2S.C20H19F4NOS.C20H21F2NO2S/c1-12-3-7-16(8-4-12)27-19-9-14(6-5-13(19)2)21(26)25-15-10-17(22)20(24)18(23)11-15;21-15-6-5-11(7-18(15)28-14-4-2-1-3-13(26)10-14)20(27)25-12-8-16(22)19(24)17(23)9-12;1-11-2-5-14(6-3-11)27-18-8-12(4-7-15(18)21)20(26)25-13-9-16(22)19(24)17(23)10-13;1-25-18-10-7-13(11-19(18)26-15-5-3-2-4-6-15)20(24)23-14-8-9-16(21)17(22)12-14/h5-6,9-12,16H,3-4,7-8H2,1-2H3,(H,25,26);5-9,14H,1-4,10H2,(H,25,27);4,7-11,14H,2-3,5-6H2,1H3,(H,25,26);7-12,15H,2-6H2,1H3,(H,23,24). The predicted octanol–water partition coefficient (Wildman–Crippen LogP) is 23.6. The van der Waals surface area contributed by atoms with Gasteiger partial charge >= 0.3 is 0 Å². The summed E-state index contributed by atoms with van der Waals surface area (Å²) in [6.45, 7) is 6.48. The molecular weight excluding hydrogens is 1500 g/mol. The van der Waals surface area contributed by atoms with Crippen LogP contribution in [-0.2, 0) is 4.79 Å². The van der Waals surface area contributed by atoms with Gasteiger partial charge in [-0.3, -0.25) is 24.0 Å². The van der Waals surface area contributed by atoms with E-state index in [9.17, 15) is 81.0 Å². The largest absolute Gasteiger partial charge is 0.496 e. The molecule has 0 aliphatic heterocycles. The lowest BCUT2D eigenvalue weighted by Crippen LogP contribution is -2.15. The van der Waals surface area contributed by atoms with Gasteiger partial charge in [-0.05, 0) is 180 Å². The summed E-state index contributed by atoms with van der Waals surface area (Å²) in [4.78, 5) is 64.0. The van der Waals surface area contributed by atoms with Crippen molar-refractivity contribution >= 4 is 99.2 Å². The van der Waals surface area contributed by atoms with Gasteiger partial charge in [-0.1, -0.05) is 45.6 Å². The smallest absolute Gasteiger partial charge is 0.255 e. The van der Waals surface area contributed by atoms with Crippen molar-refractivity contribution in [1.82, 2.24) is 0 Å². The van der Waals surface area contributed by atoms with E-state index in [1.165, 1.54) is 105 Å². The number of amides is 4. The summed E-state index contributed by atoms with van der Waals surface area (Å²) >= 11 is 6.15. The zero-order chi connectivity index (χ0) is 77.9. The molecule has 8 aromatic rings. The highest BCUT2D eigenvalue weighted by molar-refractivity contribution is 8.00. The topological polar surface area (TPSA) is 143 Å². The Morgan fingerprint density at radius 2 is 0.676 bits per heavy atom. The van der Waals surface area contributed by atoms with Gasteiger partial charge in [0.2, 0.25) is 0 Å². The second-order valence-corrected chi connectivity index (χ2v) is 32.3. The molecule has 0 radical (unpaired) electrons. The first-order valence-electron chi connectivity index (χ1n) is 35.3. The molecule has 4 aliphatic rings. The van der Waals surface area contributed by atoms with Gasteiger partial charge in [-0.2, -0.15) is 0 Å². The molecule has 574 valence electrons. The lowest BCUT2D eigenvalue weighted by atomic mass is 9.91. The first-order valence-corrected chi connectivity index (χ1v) is 38.8. The van der Waals surface area contributed by atoms with Gasteiger partial charge in [0.25, 0.3) is 23.6 Å². The zero-order valence-corrected chi connectivity index (χ0v) is 62.6. The van der Waals surface area contributed by atoms with Gasteiger partial charge in [0.05, 0.1) is 12.0 Å². The van der Waals surface area contributed by atoms with E-state index in [1.54, 1.807) is 54.9 Å². The predicted molar refractivity (Wildman–Crippen MR) is 399 cm³/mol. The fraction of sp³-hybridized carbons (Fsp3) is 0.346. The zero-order valence-electron chi connectivity index (χ0n) is 59.3. The lowest BCUT2D eigenvalue weighted by molar-refractivity contribution is -0.118. The average Bonchev–Trinajstić information content (AvgIpc) is 0.966. The summed E-state index contributed by atoms with van der Waals surface area (Å²) in [5.41, 5.74) is 1.81. The van der Waals surface area contributed by atoms with Crippen molar-refractivity contribution in [1.29, 1.82) is 0 Å². The molecule has 108 heavy (non-hydrogen) atoms. The van der Waals surface area contributed by atoms with E-state index in [0.29, 0.717) is 74.8 Å². The normalized spacial score (nSPS) is 17.9. The number of ether oxygens (including phenoxy) is 1.